The Kier molecular flexibility index (Phi) is 21.6. The van der Waals surface area contributed by atoms with Crippen LogP contribution in [0.1, 0.15) is 34.1 Å². The van der Waals surface area contributed by atoms with Crippen LogP contribution in [0.25, 0.3) is 0 Å². The number of rotatable bonds is 4. The molecule has 0 aromatic rings. The van der Waals surface area contributed by atoms with Crippen molar-refractivity contribution in [3.8, 4) is 0 Å². The van der Waals surface area contributed by atoms with Crippen molar-refractivity contribution in [2.45, 2.75) is 40.2 Å². The van der Waals surface area contributed by atoms with Gasteiger partial charge < -0.3 is 18.7 Å². The van der Waals surface area contributed by atoms with E-state index in [1.165, 1.54) is 0 Å². The molecule has 0 rings (SSSR count). The fraction of sp³-hybridized carbons (Fsp3) is 0.800. The third-order valence-corrected chi connectivity index (χ3v) is 1.58. The molecule has 0 fully saturated rings. The molecular weight excluding hydrogens is 200 g/mol. The van der Waals surface area contributed by atoms with Gasteiger partial charge in [-0.1, -0.05) is 6.92 Å². The van der Waals surface area contributed by atoms with Crippen LogP contribution in [0.2, 0.25) is 0 Å². The molecular formula is C10H23NZn. The van der Waals surface area contributed by atoms with Gasteiger partial charge in [-0.15, -0.1) is 0 Å². The molecule has 1 nitrogen and oxygen atoms in total. The molecule has 0 atom stereocenters. The van der Waals surface area contributed by atoms with E-state index >= 15 is 0 Å². The van der Waals surface area contributed by atoms with E-state index in [9.17, 15) is 0 Å². The van der Waals surface area contributed by atoms with Crippen LogP contribution in [-0.2, 0) is 19.5 Å². The van der Waals surface area contributed by atoms with E-state index in [1.807, 2.05) is 0 Å². The zero-order valence-electron chi connectivity index (χ0n) is 9.27. The first-order chi connectivity index (χ1) is 5.22. The average molecular weight is 223 g/mol. The summed E-state index contributed by atoms with van der Waals surface area (Å²) in [5, 5.41) is 0. The summed E-state index contributed by atoms with van der Waals surface area (Å²) < 4.78 is 0. The molecule has 0 aliphatic heterocycles. The Morgan fingerprint density at radius 1 is 1.25 bits per heavy atom. The molecule has 70 valence electrons. The SMILES string of the molecule is [CH2-]C.[CH2-]CCN(CC)C(C)C.[Zn+2]. The summed E-state index contributed by atoms with van der Waals surface area (Å²) in [5.74, 6) is 0. The van der Waals surface area contributed by atoms with Gasteiger partial charge in [0.15, 0.2) is 0 Å². The quantitative estimate of drug-likeness (QED) is 0.522. The normalized spacial score (nSPS) is 9.00. The second kappa shape index (κ2) is 14.1. The van der Waals surface area contributed by atoms with Gasteiger partial charge in [-0.25, -0.2) is 0 Å². The third kappa shape index (κ3) is 10.6. The first-order valence-corrected chi connectivity index (χ1v) is 4.46. The van der Waals surface area contributed by atoms with E-state index in [-0.39, 0.29) is 19.5 Å². The Hall–Kier alpha value is 0.583. The zero-order chi connectivity index (χ0) is 9.28. The number of hydrogen-bond acceptors (Lipinski definition) is 1. The number of hydrogen-bond donors (Lipinski definition) is 0. The zero-order valence-corrected chi connectivity index (χ0v) is 12.2. The van der Waals surface area contributed by atoms with Crippen LogP contribution >= 0.6 is 0 Å². The maximum Gasteiger partial charge on any atom is 2.00 e. The van der Waals surface area contributed by atoms with Gasteiger partial charge in [0, 0.05) is 6.04 Å². The van der Waals surface area contributed by atoms with Gasteiger partial charge in [-0.3, -0.25) is 0 Å². The minimum atomic E-state index is 0. The van der Waals surface area contributed by atoms with Gasteiger partial charge in [-0.2, -0.15) is 13.3 Å². The van der Waals surface area contributed by atoms with E-state index in [0.717, 1.165) is 19.5 Å². The summed E-state index contributed by atoms with van der Waals surface area (Å²) in [6, 6.07) is 0.678. The fourth-order valence-electron chi connectivity index (χ4n) is 0.985. The molecule has 0 unspecified atom stereocenters. The summed E-state index contributed by atoms with van der Waals surface area (Å²) in [5.41, 5.74) is 0. The standard InChI is InChI=1S/C8H18N.C2H5.Zn/c1-5-7-9(6-2)8(3)4;1-2;/h8H,1,5-7H2,2-4H3;1H2,2H3;/q2*-1;+2. The van der Waals surface area contributed by atoms with Crippen LogP contribution in [0.5, 0.6) is 0 Å². The minimum absolute atomic E-state index is 0. The van der Waals surface area contributed by atoms with Crippen LogP contribution in [0.15, 0.2) is 0 Å². The molecule has 0 aliphatic rings. The Morgan fingerprint density at radius 3 is 1.75 bits per heavy atom. The maximum absolute atomic E-state index is 3.81. The van der Waals surface area contributed by atoms with E-state index in [1.54, 1.807) is 6.92 Å². The number of nitrogens with zero attached hydrogens (tertiary/aromatic N) is 1. The van der Waals surface area contributed by atoms with E-state index in [0.29, 0.717) is 6.04 Å². The van der Waals surface area contributed by atoms with Crippen LogP contribution in [0.4, 0.5) is 0 Å². The van der Waals surface area contributed by atoms with Crippen molar-refractivity contribution in [2.75, 3.05) is 13.1 Å². The molecule has 0 bridgehead atoms. The first-order valence-electron chi connectivity index (χ1n) is 4.46. The Morgan fingerprint density at radius 2 is 1.67 bits per heavy atom. The van der Waals surface area contributed by atoms with E-state index in [4.69, 9.17) is 0 Å². The minimum Gasteiger partial charge on any atom is -0.346 e. The largest absolute Gasteiger partial charge is 2.00 e. The Balaban J connectivity index is -0.000000249. The van der Waals surface area contributed by atoms with Gasteiger partial charge in [0.1, 0.15) is 0 Å². The van der Waals surface area contributed by atoms with Crippen molar-refractivity contribution in [1.29, 1.82) is 0 Å². The first kappa shape index (κ1) is 18.4. The Labute approximate surface area is 91.7 Å². The van der Waals surface area contributed by atoms with E-state index < -0.39 is 0 Å². The van der Waals surface area contributed by atoms with Crippen molar-refractivity contribution in [2.24, 2.45) is 0 Å². The molecule has 0 N–H and O–H groups in total. The topological polar surface area (TPSA) is 3.24 Å². The van der Waals surface area contributed by atoms with Crippen molar-refractivity contribution in [3.05, 3.63) is 13.8 Å². The molecule has 12 heavy (non-hydrogen) atoms. The monoisotopic (exact) mass is 221 g/mol. The molecule has 0 aromatic carbocycles. The van der Waals surface area contributed by atoms with Crippen LogP contribution in [0, 0.1) is 13.8 Å². The van der Waals surface area contributed by atoms with Crippen LogP contribution < -0.4 is 0 Å². The van der Waals surface area contributed by atoms with Gasteiger partial charge >= 0.3 is 19.5 Å². The molecule has 2 heteroatoms. The molecule has 0 aliphatic carbocycles. The summed E-state index contributed by atoms with van der Waals surface area (Å²) in [6.45, 7) is 17.7. The maximum atomic E-state index is 3.81. The van der Waals surface area contributed by atoms with Crippen LogP contribution in [-0.4, -0.2) is 24.0 Å². The van der Waals surface area contributed by atoms with Gasteiger partial charge in [0.2, 0.25) is 0 Å². The molecule has 0 amide bonds. The van der Waals surface area contributed by atoms with Crippen molar-refractivity contribution >= 4 is 0 Å². The predicted molar refractivity (Wildman–Crippen MR) is 53.4 cm³/mol. The third-order valence-electron chi connectivity index (χ3n) is 1.58. The van der Waals surface area contributed by atoms with Gasteiger partial charge in [0.05, 0.1) is 0 Å². The molecule has 0 aromatic heterocycles. The molecule has 0 saturated heterocycles. The molecule has 0 saturated carbocycles. The second-order valence-electron chi connectivity index (χ2n) is 2.58. The summed E-state index contributed by atoms with van der Waals surface area (Å²) in [7, 11) is 0. The smallest absolute Gasteiger partial charge is 0.346 e. The van der Waals surface area contributed by atoms with Gasteiger partial charge in [0.25, 0.3) is 0 Å². The fourth-order valence-corrected chi connectivity index (χ4v) is 0.985. The van der Waals surface area contributed by atoms with Gasteiger partial charge in [-0.05, 0) is 26.9 Å². The summed E-state index contributed by atoms with van der Waals surface area (Å²) in [4.78, 5) is 2.41. The molecule has 0 spiro atoms. The summed E-state index contributed by atoms with van der Waals surface area (Å²) in [6.07, 6.45) is 1.02. The molecule has 0 radical (unpaired) electrons. The van der Waals surface area contributed by atoms with E-state index in [2.05, 4.69) is 39.5 Å². The van der Waals surface area contributed by atoms with Crippen molar-refractivity contribution in [3.63, 3.8) is 0 Å². The van der Waals surface area contributed by atoms with Crippen molar-refractivity contribution < 1.29 is 19.5 Å². The Bertz CT molecular complexity index is 64.9. The molecule has 0 heterocycles. The average Bonchev–Trinajstić information content (AvgIpc) is 2.03. The van der Waals surface area contributed by atoms with Crippen molar-refractivity contribution in [1.82, 2.24) is 4.90 Å². The second-order valence-corrected chi connectivity index (χ2v) is 2.58. The predicted octanol–water partition coefficient (Wildman–Crippen LogP) is 2.78. The summed E-state index contributed by atoms with van der Waals surface area (Å²) >= 11 is 0. The van der Waals surface area contributed by atoms with Crippen LogP contribution in [0.3, 0.4) is 0 Å².